The quantitative estimate of drug-likeness (QED) is 0.341. The third kappa shape index (κ3) is 4.81. The highest BCUT2D eigenvalue weighted by Gasteiger charge is 2.21. The van der Waals surface area contributed by atoms with E-state index >= 15 is 0 Å². The Labute approximate surface area is 174 Å². The molecule has 2 aromatic carbocycles. The zero-order chi connectivity index (χ0) is 21.0. The van der Waals surface area contributed by atoms with Crippen LogP contribution in [0.5, 0.6) is 5.75 Å². The van der Waals surface area contributed by atoms with Gasteiger partial charge in [0.1, 0.15) is 5.75 Å². The SMILES string of the molecule is COc1ccc(-n2nnnc2SC(C)C(=O)Nc2cc([N+](=O)[O-])ccc2Cl)cc1. The van der Waals surface area contributed by atoms with Crippen molar-refractivity contribution in [3.05, 3.63) is 57.6 Å². The van der Waals surface area contributed by atoms with Crippen LogP contribution in [-0.4, -0.2) is 43.4 Å². The summed E-state index contributed by atoms with van der Waals surface area (Å²) in [5.74, 6) is 0.291. The lowest BCUT2D eigenvalue weighted by Crippen LogP contribution is -2.23. The molecule has 0 spiro atoms. The lowest BCUT2D eigenvalue weighted by molar-refractivity contribution is -0.384. The summed E-state index contributed by atoms with van der Waals surface area (Å²) in [7, 11) is 1.57. The van der Waals surface area contributed by atoms with Crippen LogP contribution in [0.15, 0.2) is 47.6 Å². The second-order valence-corrected chi connectivity index (χ2v) is 7.46. The van der Waals surface area contributed by atoms with Crippen molar-refractivity contribution >= 4 is 40.6 Å². The number of nitro groups is 1. The molecule has 1 heterocycles. The van der Waals surface area contributed by atoms with Crippen molar-refractivity contribution in [1.82, 2.24) is 20.2 Å². The summed E-state index contributed by atoms with van der Waals surface area (Å²) in [6.45, 7) is 1.66. The Balaban J connectivity index is 1.73. The maximum Gasteiger partial charge on any atom is 0.271 e. The highest BCUT2D eigenvalue weighted by Crippen LogP contribution is 2.29. The second kappa shape index (κ2) is 8.88. The lowest BCUT2D eigenvalue weighted by Gasteiger charge is -2.12. The molecule has 0 fully saturated rings. The third-order valence-corrected chi connectivity index (χ3v) is 5.19. The molecule has 0 aliphatic carbocycles. The first-order valence-electron chi connectivity index (χ1n) is 8.23. The Kier molecular flexibility index (Phi) is 6.29. The molecule has 150 valence electrons. The number of non-ortho nitro benzene ring substituents is 1. The fourth-order valence-corrected chi connectivity index (χ4v) is 3.28. The van der Waals surface area contributed by atoms with Crippen LogP contribution in [0.4, 0.5) is 11.4 Å². The van der Waals surface area contributed by atoms with E-state index in [1.54, 1.807) is 38.3 Å². The number of amides is 1. The van der Waals surface area contributed by atoms with Crippen molar-refractivity contribution in [2.24, 2.45) is 0 Å². The largest absolute Gasteiger partial charge is 0.497 e. The van der Waals surface area contributed by atoms with Crippen LogP contribution in [0.1, 0.15) is 6.92 Å². The minimum absolute atomic E-state index is 0.160. The molecule has 0 saturated heterocycles. The molecule has 0 radical (unpaired) electrons. The molecule has 29 heavy (non-hydrogen) atoms. The topological polar surface area (TPSA) is 125 Å². The molecule has 0 saturated carbocycles. The maximum absolute atomic E-state index is 12.5. The summed E-state index contributed by atoms with van der Waals surface area (Å²) in [5, 5.41) is 25.1. The number of nitrogens with zero attached hydrogens (tertiary/aromatic N) is 5. The fraction of sp³-hybridized carbons (Fsp3) is 0.176. The van der Waals surface area contributed by atoms with Crippen LogP contribution in [-0.2, 0) is 4.79 Å². The number of aromatic nitrogens is 4. The Morgan fingerprint density at radius 1 is 1.31 bits per heavy atom. The van der Waals surface area contributed by atoms with Gasteiger partial charge in [0.25, 0.3) is 5.69 Å². The molecule has 1 unspecified atom stereocenters. The van der Waals surface area contributed by atoms with Gasteiger partial charge in [-0.1, -0.05) is 23.4 Å². The summed E-state index contributed by atoms with van der Waals surface area (Å²) in [5.41, 5.74) is 0.689. The smallest absolute Gasteiger partial charge is 0.271 e. The van der Waals surface area contributed by atoms with E-state index in [9.17, 15) is 14.9 Å². The highest BCUT2D eigenvalue weighted by atomic mass is 35.5. The predicted octanol–water partition coefficient (Wildman–Crippen LogP) is 3.35. The van der Waals surface area contributed by atoms with Crippen molar-refractivity contribution in [2.45, 2.75) is 17.3 Å². The molecular weight excluding hydrogens is 420 g/mol. The summed E-state index contributed by atoms with van der Waals surface area (Å²) >= 11 is 7.16. The number of halogens is 1. The number of carbonyl (C=O) groups is 1. The van der Waals surface area contributed by atoms with Crippen LogP contribution < -0.4 is 10.1 Å². The fourth-order valence-electron chi connectivity index (χ4n) is 2.31. The van der Waals surface area contributed by atoms with Crippen molar-refractivity contribution in [3.8, 4) is 11.4 Å². The van der Waals surface area contributed by atoms with E-state index in [2.05, 4.69) is 20.8 Å². The number of nitro benzene ring substituents is 1. The van der Waals surface area contributed by atoms with Gasteiger partial charge in [-0.25, -0.2) is 0 Å². The molecule has 0 aliphatic heterocycles. The van der Waals surface area contributed by atoms with E-state index in [1.165, 1.54) is 22.9 Å². The average molecular weight is 435 g/mol. The average Bonchev–Trinajstić information content (AvgIpc) is 3.17. The number of thioether (sulfide) groups is 1. The Morgan fingerprint density at radius 2 is 2.03 bits per heavy atom. The van der Waals surface area contributed by atoms with Gasteiger partial charge in [-0.15, -0.1) is 5.10 Å². The molecule has 1 aromatic heterocycles. The summed E-state index contributed by atoms with van der Waals surface area (Å²) in [4.78, 5) is 22.9. The second-order valence-electron chi connectivity index (χ2n) is 5.74. The Bertz CT molecular complexity index is 1040. The van der Waals surface area contributed by atoms with E-state index in [1.807, 2.05) is 0 Å². The van der Waals surface area contributed by atoms with Gasteiger partial charge < -0.3 is 10.1 Å². The van der Waals surface area contributed by atoms with Crippen LogP contribution in [0.25, 0.3) is 5.69 Å². The van der Waals surface area contributed by atoms with E-state index in [4.69, 9.17) is 16.3 Å². The van der Waals surface area contributed by atoms with Crippen LogP contribution in [0.3, 0.4) is 0 Å². The molecule has 1 N–H and O–H groups in total. The third-order valence-electron chi connectivity index (χ3n) is 3.83. The molecular formula is C17H15ClN6O4S. The zero-order valence-corrected chi connectivity index (χ0v) is 16.8. The first kappa shape index (κ1) is 20.6. The zero-order valence-electron chi connectivity index (χ0n) is 15.3. The molecule has 12 heteroatoms. The number of hydrogen-bond acceptors (Lipinski definition) is 8. The lowest BCUT2D eigenvalue weighted by atomic mass is 10.2. The van der Waals surface area contributed by atoms with Gasteiger partial charge in [0.2, 0.25) is 11.1 Å². The van der Waals surface area contributed by atoms with Gasteiger partial charge >= 0.3 is 0 Å². The molecule has 10 nitrogen and oxygen atoms in total. The van der Waals surface area contributed by atoms with E-state index in [-0.39, 0.29) is 16.4 Å². The van der Waals surface area contributed by atoms with Crippen molar-refractivity contribution < 1.29 is 14.5 Å². The number of hydrogen-bond donors (Lipinski definition) is 1. The first-order chi connectivity index (χ1) is 13.9. The van der Waals surface area contributed by atoms with E-state index in [0.717, 1.165) is 11.8 Å². The predicted molar refractivity (Wildman–Crippen MR) is 108 cm³/mol. The first-order valence-corrected chi connectivity index (χ1v) is 9.49. The summed E-state index contributed by atoms with van der Waals surface area (Å²) < 4.78 is 6.62. The number of methoxy groups -OCH3 is 1. The number of rotatable bonds is 7. The summed E-state index contributed by atoms with van der Waals surface area (Å²) in [6, 6.07) is 10.9. The van der Waals surface area contributed by atoms with Crippen LogP contribution in [0, 0.1) is 10.1 Å². The Morgan fingerprint density at radius 3 is 2.69 bits per heavy atom. The van der Waals surface area contributed by atoms with Gasteiger partial charge in [-0.2, -0.15) is 4.68 Å². The maximum atomic E-state index is 12.5. The summed E-state index contributed by atoms with van der Waals surface area (Å²) in [6.07, 6.45) is 0. The van der Waals surface area contributed by atoms with Crippen molar-refractivity contribution in [1.29, 1.82) is 0 Å². The molecule has 1 atom stereocenters. The van der Waals surface area contributed by atoms with Gasteiger partial charge in [-0.3, -0.25) is 14.9 Å². The van der Waals surface area contributed by atoms with Gasteiger partial charge in [0.05, 0.1) is 33.7 Å². The normalized spacial score (nSPS) is 11.7. The van der Waals surface area contributed by atoms with E-state index in [0.29, 0.717) is 16.6 Å². The van der Waals surface area contributed by atoms with E-state index < -0.39 is 16.1 Å². The number of ether oxygens (including phenoxy) is 1. The molecule has 0 aliphatic rings. The molecule has 0 bridgehead atoms. The van der Waals surface area contributed by atoms with Gasteiger partial charge in [-0.05, 0) is 47.7 Å². The number of benzene rings is 2. The monoisotopic (exact) mass is 434 g/mol. The van der Waals surface area contributed by atoms with Crippen LogP contribution >= 0.6 is 23.4 Å². The standard InChI is InChI=1S/C17H15ClN6O4S/c1-10(16(25)19-15-9-12(24(26)27)5-8-14(15)18)29-17-20-21-22-23(17)11-3-6-13(28-2)7-4-11/h3-10H,1-2H3,(H,19,25). The number of carbonyl (C=O) groups excluding carboxylic acids is 1. The minimum atomic E-state index is -0.603. The minimum Gasteiger partial charge on any atom is -0.497 e. The highest BCUT2D eigenvalue weighted by molar-refractivity contribution is 8.00. The number of tetrazole rings is 1. The van der Waals surface area contributed by atoms with Gasteiger partial charge in [0.15, 0.2) is 0 Å². The van der Waals surface area contributed by atoms with Crippen molar-refractivity contribution in [2.75, 3.05) is 12.4 Å². The number of anilines is 1. The van der Waals surface area contributed by atoms with Gasteiger partial charge in [0, 0.05) is 12.1 Å². The van der Waals surface area contributed by atoms with Crippen LogP contribution in [0.2, 0.25) is 5.02 Å². The Hall–Kier alpha value is -3.18. The molecule has 3 rings (SSSR count). The number of nitrogens with one attached hydrogen (secondary N) is 1. The van der Waals surface area contributed by atoms with Crippen molar-refractivity contribution in [3.63, 3.8) is 0 Å². The molecule has 1 amide bonds. The molecule has 3 aromatic rings.